The van der Waals surface area contributed by atoms with Crippen molar-refractivity contribution in [3.8, 4) is 0 Å². The van der Waals surface area contributed by atoms with Gasteiger partial charge in [-0.15, -0.1) is 12.4 Å². The lowest BCUT2D eigenvalue weighted by atomic mass is 10.0. The number of piperidine rings is 1. The van der Waals surface area contributed by atoms with Crippen molar-refractivity contribution in [2.75, 3.05) is 11.9 Å². The number of hydrogen-bond donors (Lipinski definition) is 2. The van der Waals surface area contributed by atoms with Gasteiger partial charge in [-0.2, -0.15) is 5.10 Å². The summed E-state index contributed by atoms with van der Waals surface area (Å²) in [6, 6.07) is -0.197. The molecule has 5 nitrogen and oxygen atoms in total. The van der Waals surface area contributed by atoms with Gasteiger partial charge in [0.05, 0.1) is 17.9 Å². The number of hydrogen-bond acceptors (Lipinski definition) is 3. The summed E-state index contributed by atoms with van der Waals surface area (Å²) in [6.45, 7) is 0.375. The van der Waals surface area contributed by atoms with Crippen molar-refractivity contribution >= 4 is 24.0 Å². The molecule has 1 aliphatic heterocycles. The van der Waals surface area contributed by atoms with Crippen molar-refractivity contribution < 1.29 is 13.6 Å². The molecule has 0 radical (unpaired) electrons. The fraction of sp³-hybridized carbons (Fsp3) is 0.636. The van der Waals surface area contributed by atoms with E-state index in [1.165, 1.54) is 12.4 Å². The van der Waals surface area contributed by atoms with Gasteiger partial charge in [0.2, 0.25) is 5.91 Å². The third-order valence-corrected chi connectivity index (χ3v) is 2.85. The molecule has 0 saturated carbocycles. The van der Waals surface area contributed by atoms with E-state index in [-0.39, 0.29) is 24.4 Å². The zero-order valence-corrected chi connectivity index (χ0v) is 11.1. The molecule has 1 aromatic rings. The molecule has 1 fully saturated rings. The second-order valence-electron chi connectivity index (χ2n) is 4.33. The van der Waals surface area contributed by atoms with E-state index in [1.807, 2.05) is 0 Å². The van der Waals surface area contributed by atoms with Gasteiger partial charge < -0.3 is 10.6 Å². The standard InChI is InChI=1S/C11H16F2N4O.ClH/c12-10(13)7-17-6-8(5-15-17)16-11(18)9-3-1-2-4-14-9;/h5-6,9-10,14H,1-4,7H2,(H,16,18);1H. The van der Waals surface area contributed by atoms with Crippen LogP contribution in [-0.4, -0.2) is 34.7 Å². The third-order valence-electron chi connectivity index (χ3n) is 2.85. The summed E-state index contributed by atoms with van der Waals surface area (Å²) in [5.74, 6) is -0.133. The number of carbonyl (C=O) groups is 1. The minimum atomic E-state index is -2.45. The van der Waals surface area contributed by atoms with Gasteiger partial charge in [0.1, 0.15) is 6.54 Å². The van der Waals surface area contributed by atoms with E-state index in [1.54, 1.807) is 0 Å². The molecular formula is C11H17ClF2N4O. The van der Waals surface area contributed by atoms with Crippen molar-refractivity contribution in [1.29, 1.82) is 0 Å². The summed E-state index contributed by atoms with van der Waals surface area (Å²) >= 11 is 0. The number of aromatic nitrogens is 2. The average Bonchev–Trinajstić information content (AvgIpc) is 2.76. The maximum absolute atomic E-state index is 12.1. The number of carbonyl (C=O) groups excluding carboxylic acids is 1. The maximum atomic E-state index is 12.1. The van der Waals surface area contributed by atoms with Crippen LogP contribution >= 0.6 is 12.4 Å². The van der Waals surface area contributed by atoms with E-state index in [0.29, 0.717) is 5.69 Å². The first kappa shape index (κ1) is 15.8. The number of anilines is 1. The Bertz CT molecular complexity index is 407. The monoisotopic (exact) mass is 294 g/mol. The zero-order chi connectivity index (χ0) is 13.0. The number of nitrogens with zero attached hydrogens (tertiary/aromatic N) is 2. The summed E-state index contributed by atoms with van der Waals surface area (Å²) in [7, 11) is 0. The SMILES string of the molecule is Cl.O=C(Nc1cnn(CC(F)F)c1)C1CCCCN1. The van der Waals surface area contributed by atoms with Crippen LogP contribution in [0.3, 0.4) is 0 Å². The van der Waals surface area contributed by atoms with E-state index in [9.17, 15) is 13.6 Å². The second kappa shape index (κ2) is 7.40. The number of alkyl halides is 2. The quantitative estimate of drug-likeness (QED) is 0.888. The maximum Gasteiger partial charge on any atom is 0.257 e. The molecule has 2 N–H and O–H groups in total. The van der Waals surface area contributed by atoms with E-state index in [4.69, 9.17) is 0 Å². The summed E-state index contributed by atoms with van der Waals surface area (Å²) < 4.78 is 25.4. The van der Waals surface area contributed by atoms with E-state index in [2.05, 4.69) is 15.7 Å². The second-order valence-corrected chi connectivity index (χ2v) is 4.33. The lowest BCUT2D eigenvalue weighted by molar-refractivity contribution is -0.118. The normalized spacial score (nSPS) is 19.0. The fourth-order valence-electron chi connectivity index (χ4n) is 1.97. The molecule has 0 aliphatic carbocycles. The molecule has 1 saturated heterocycles. The van der Waals surface area contributed by atoms with E-state index < -0.39 is 13.0 Å². The summed E-state index contributed by atoms with van der Waals surface area (Å²) in [5.41, 5.74) is 0.452. The molecule has 1 atom stereocenters. The van der Waals surface area contributed by atoms with Gasteiger partial charge in [-0.05, 0) is 19.4 Å². The topological polar surface area (TPSA) is 59.0 Å². The van der Waals surface area contributed by atoms with Crippen molar-refractivity contribution in [1.82, 2.24) is 15.1 Å². The van der Waals surface area contributed by atoms with Crippen molar-refractivity contribution in [3.63, 3.8) is 0 Å². The number of rotatable bonds is 4. The van der Waals surface area contributed by atoms with Gasteiger partial charge in [-0.3, -0.25) is 9.48 Å². The Hall–Kier alpha value is -1.21. The van der Waals surface area contributed by atoms with Gasteiger partial charge in [-0.25, -0.2) is 8.78 Å². The van der Waals surface area contributed by atoms with Gasteiger partial charge in [-0.1, -0.05) is 6.42 Å². The van der Waals surface area contributed by atoms with Crippen molar-refractivity contribution in [3.05, 3.63) is 12.4 Å². The summed E-state index contributed by atoms with van der Waals surface area (Å²) in [6.07, 6.45) is 3.24. The third kappa shape index (κ3) is 4.76. The highest BCUT2D eigenvalue weighted by molar-refractivity contribution is 5.94. The van der Waals surface area contributed by atoms with E-state index >= 15 is 0 Å². The Morgan fingerprint density at radius 1 is 1.58 bits per heavy atom. The molecule has 19 heavy (non-hydrogen) atoms. The zero-order valence-electron chi connectivity index (χ0n) is 10.3. The first-order chi connectivity index (χ1) is 8.65. The Morgan fingerprint density at radius 3 is 3.00 bits per heavy atom. The van der Waals surface area contributed by atoms with Crippen LogP contribution in [0.5, 0.6) is 0 Å². The van der Waals surface area contributed by atoms with Crippen LogP contribution in [0.25, 0.3) is 0 Å². The molecule has 1 unspecified atom stereocenters. The first-order valence-electron chi connectivity index (χ1n) is 6.00. The van der Waals surface area contributed by atoms with Crippen LogP contribution in [0.4, 0.5) is 14.5 Å². The van der Waals surface area contributed by atoms with Crippen LogP contribution in [-0.2, 0) is 11.3 Å². The Balaban J connectivity index is 0.00000180. The van der Waals surface area contributed by atoms with Gasteiger partial charge in [0.15, 0.2) is 0 Å². The lowest BCUT2D eigenvalue weighted by Gasteiger charge is -2.22. The van der Waals surface area contributed by atoms with Crippen LogP contribution < -0.4 is 10.6 Å². The van der Waals surface area contributed by atoms with Crippen LogP contribution in [0.1, 0.15) is 19.3 Å². The van der Waals surface area contributed by atoms with Crippen LogP contribution in [0, 0.1) is 0 Å². The predicted octanol–water partition coefficient (Wildman–Crippen LogP) is 1.65. The Kier molecular flexibility index (Phi) is 6.17. The predicted molar refractivity (Wildman–Crippen MR) is 69.8 cm³/mol. The summed E-state index contributed by atoms with van der Waals surface area (Å²) in [5, 5.41) is 9.55. The van der Waals surface area contributed by atoms with Crippen molar-refractivity contribution in [2.24, 2.45) is 0 Å². The molecule has 1 aliphatic rings. The highest BCUT2D eigenvalue weighted by atomic mass is 35.5. The number of nitrogens with one attached hydrogen (secondary N) is 2. The largest absolute Gasteiger partial charge is 0.322 e. The van der Waals surface area contributed by atoms with Crippen LogP contribution in [0.2, 0.25) is 0 Å². The molecule has 0 aromatic carbocycles. The van der Waals surface area contributed by atoms with Gasteiger partial charge in [0.25, 0.3) is 6.43 Å². The van der Waals surface area contributed by atoms with Crippen LogP contribution in [0.15, 0.2) is 12.4 Å². The minimum Gasteiger partial charge on any atom is -0.322 e. The Labute approximate surface area is 116 Å². The highest BCUT2D eigenvalue weighted by Gasteiger charge is 2.20. The summed E-state index contributed by atoms with van der Waals surface area (Å²) in [4.78, 5) is 11.8. The number of halogens is 3. The van der Waals surface area contributed by atoms with Gasteiger partial charge in [0, 0.05) is 6.20 Å². The highest BCUT2D eigenvalue weighted by Crippen LogP contribution is 2.11. The molecule has 1 aromatic heterocycles. The lowest BCUT2D eigenvalue weighted by Crippen LogP contribution is -2.43. The molecule has 108 valence electrons. The van der Waals surface area contributed by atoms with E-state index in [0.717, 1.165) is 30.5 Å². The first-order valence-corrected chi connectivity index (χ1v) is 6.00. The molecule has 2 rings (SSSR count). The van der Waals surface area contributed by atoms with Gasteiger partial charge >= 0.3 is 0 Å². The Morgan fingerprint density at radius 2 is 2.37 bits per heavy atom. The molecule has 2 heterocycles. The molecule has 0 bridgehead atoms. The fourth-order valence-corrected chi connectivity index (χ4v) is 1.97. The molecule has 0 spiro atoms. The number of amides is 1. The minimum absolute atomic E-state index is 0. The van der Waals surface area contributed by atoms with Crippen molar-refractivity contribution in [2.45, 2.75) is 38.3 Å². The molecule has 8 heteroatoms. The average molecular weight is 295 g/mol. The smallest absolute Gasteiger partial charge is 0.257 e. The molecular weight excluding hydrogens is 278 g/mol. The molecule has 1 amide bonds.